The summed E-state index contributed by atoms with van der Waals surface area (Å²) in [5.74, 6) is -0.313. The van der Waals surface area contributed by atoms with Gasteiger partial charge in [-0.05, 0) is 6.07 Å². The molecule has 0 radical (unpaired) electrons. The molecule has 1 rings (SSSR count). The average molecular weight is 158 g/mol. The highest BCUT2D eigenvalue weighted by molar-refractivity contribution is 6.18. The Morgan fingerprint density at radius 1 is 1.40 bits per heavy atom. The lowest BCUT2D eigenvalue weighted by molar-refractivity contribution is 0.626. The lowest BCUT2D eigenvalue weighted by Crippen LogP contribution is -1.84. The standard InChI is InChI=1S/C7H5ClFN/c8-10-5-6-3-1-2-4-7(6)9/h1-5H. The van der Waals surface area contributed by atoms with Crippen molar-refractivity contribution in [2.75, 3.05) is 0 Å². The van der Waals surface area contributed by atoms with E-state index in [0.717, 1.165) is 0 Å². The fourth-order valence-electron chi connectivity index (χ4n) is 0.632. The first-order valence-corrected chi connectivity index (χ1v) is 3.07. The van der Waals surface area contributed by atoms with Crippen LogP contribution < -0.4 is 0 Å². The molecule has 0 aliphatic rings. The first kappa shape index (κ1) is 7.22. The van der Waals surface area contributed by atoms with Gasteiger partial charge in [0, 0.05) is 17.3 Å². The second-order valence-electron chi connectivity index (χ2n) is 1.75. The van der Waals surface area contributed by atoms with Gasteiger partial charge >= 0.3 is 0 Å². The quantitative estimate of drug-likeness (QED) is 0.555. The van der Waals surface area contributed by atoms with Gasteiger partial charge in [0.05, 0.1) is 6.21 Å². The largest absolute Gasteiger partial charge is 0.206 e. The van der Waals surface area contributed by atoms with Crippen molar-refractivity contribution in [1.82, 2.24) is 0 Å². The van der Waals surface area contributed by atoms with Crippen molar-refractivity contribution >= 4 is 18.0 Å². The van der Waals surface area contributed by atoms with Crippen LogP contribution in [0.15, 0.2) is 28.8 Å². The normalized spacial score (nSPS) is 10.6. The lowest BCUT2D eigenvalue weighted by Gasteiger charge is -1.90. The van der Waals surface area contributed by atoms with Gasteiger partial charge in [-0.25, -0.2) is 4.39 Å². The van der Waals surface area contributed by atoms with Crippen LogP contribution in [0.25, 0.3) is 0 Å². The molecule has 0 bridgehead atoms. The van der Waals surface area contributed by atoms with Crippen molar-refractivity contribution in [3.05, 3.63) is 35.6 Å². The molecule has 10 heavy (non-hydrogen) atoms. The molecule has 0 aliphatic heterocycles. The predicted molar refractivity (Wildman–Crippen MR) is 39.8 cm³/mol. The van der Waals surface area contributed by atoms with Gasteiger partial charge in [0.15, 0.2) is 0 Å². The van der Waals surface area contributed by atoms with Crippen LogP contribution in [-0.2, 0) is 0 Å². The number of nitrogens with zero attached hydrogens (tertiary/aromatic N) is 1. The van der Waals surface area contributed by atoms with Crippen LogP contribution in [-0.4, -0.2) is 6.21 Å². The molecule has 0 atom stereocenters. The van der Waals surface area contributed by atoms with Crippen molar-refractivity contribution in [2.45, 2.75) is 0 Å². The predicted octanol–water partition coefficient (Wildman–Crippen LogP) is 2.40. The Kier molecular flexibility index (Phi) is 2.40. The van der Waals surface area contributed by atoms with Gasteiger partial charge in [0.25, 0.3) is 0 Å². The Labute approximate surface area is 63.3 Å². The third-order valence-electron chi connectivity index (χ3n) is 1.09. The van der Waals surface area contributed by atoms with Crippen LogP contribution in [0.5, 0.6) is 0 Å². The minimum atomic E-state index is -0.313. The van der Waals surface area contributed by atoms with Gasteiger partial charge < -0.3 is 0 Å². The summed E-state index contributed by atoms with van der Waals surface area (Å²) in [5, 5.41) is 0. The van der Waals surface area contributed by atoms with Crippen LogP contribution in [0.1, 0.15) is 5.56 Å². The summed E-state index contributed by atoms with van der Waals surface area (Å²) in [7, 11) is 0. The maximum absolute atomic E-state index is 12.6. The SMILES string of the molecule is Fc1ccccc1C=NCl. The van der Waals surface area contributed by atoms with Crippen LogP contribution in [0.4, 0.5) is 4.39 Å². The fraction of sp³-hybridized carbons (Fsp3) is 0. The summed E-state index contributed by atoms with van der Waals surface area (Å²) in [6.45, 7) is 0. The molecule has 1 aromatic carbocycles. The van der Waals surface area contributed by atoms with E-state index in [-0.39, 0.29) is 5.82 Å². The Morgan fingerprint density at radius 2 is 2.10 bits per heavy atom. The van der Waals surface area contributed by atoms with Gasteiger partial charge in [-0.15, -0.1) is 0 Å². The Hall–Kier alpha value is -0.890. The first-order chi connectivity index (χ1) is 4.84. The number of hydrogen-bond donors (Lipinski definition) is 0. The van der Waals surface area contributed by atoms with E-state index in [9.17, 15) is 4.39 Å². The van der Waals surface area contributed by atoms with Gasteiger partial charge in [-0.1, -0.05) is 18.2 Å². The average Bonchev–Trinajstić information content (AvgIpc) is 1.94. The third kappa shape index (κ3) is 1.54. The zero-order valence-corrected chi connectivity index (χ0v) is 5.85. The maximum Gasteiger partial charge on any atom is 0.132 e. The summed E-state index contributed by atoms with van der Waals surface area (Å²) in [6.07, 6.45) is 1.26. The molecule has 0 N–H and O–H groups in total. The van der Waals surface area contributed by atoms with E-state index < -0.39 is 0 Å². The molecule has 1 aromatic rings. The van der Waals surface area contributed by atoms with Crippen molar-refractivity contribution in [1.29, 1.82) is 0 Å². The van der Waals surface area contributed by atoms with E-state index in [1.54, 1.807) is 18.2 Å². The van der Waals surface area contributed by atoms with E-state index in [1.165, 1.54) is 12.3 Å². The van der Waals surface area contributed by atoms with Crippen LogP contribution in [0, 0.1) is 5.82 Å². The monoisotopic (exact) mass is 157 g/mol. The zero-order chi connectivity index (χ0) is 7.40. The molecule has 52 valence electrons. The van der Waals surface area contributed by atoms with Crippen LogP contribution >= 0.6 is 11.8 Å². The molecule has 0 amide bonds. The highest BCUT2D eigenvalue weighted by Gasteiger charge is 1.93. The zero-order valence-electron chi connectivity index (χ0n) is 5.09. The highest BCUT2D eigenvalue weighted by Crippen LogP contribution is 2.02. The van der Waals surface area contributed by atoms with Crippen molar-refractivity contribution in [3.8, 4) is 0 Å². The molecular weight excluding hydrogens is 153 g/mol. The summed E-state index contributed by atoms with van der Waals surface area (Å²) in [4.78, 5) is 0. The smallest absolute Gasteiger partial charge is 0.132 e. The summed E-state index contributed by atoms with van der Waals surface area (Å²) < 4.78 is 15.8. The minimum Gasteiger partial charge on any atom is -0.206 e. The van der Waals surface area contributed by atoms with Crippen molar-refractivity contribution in [3.63, 3.8) is 0 Å². The summed E-state index contributed by atoms with van der Waals surface area (Å²) in [5.41, 5.74) is 0.400. The van der Waals surface area contributed by atoms with E-state index in [0.29, 0.717) is 5.56 Å². The van der Waals surface area contributed by atoms with E-state index in [2.05, 4.69) is 4.51 Å². The summed E-state index contributed by atoms with van der Waals surface area (Å²) >= 11 is 5.01. The Morgan fingerprint density at radius 3 is 2.70 bits per heavy atom. The molecule has 0 aliphatic carbocycles. The first-order valence-electron chi connectivity index (χ1n) is 2.73. The lowest BCUT2D eigenvalue weighted by atomic mass is 10.2. The molecule has 0 spiro atoms. The molecule has 0 saturated carbocycles. The molecular formula is C7H5ClFN. The van der Waals surface area contributed by atoms with Gasteiger partial charge in [0.2, 0.25) is 0 Å². The fourth-order valence-corrected chi connectivity index (χ4v) is 0.738. The van der Waals surface area contributed by atoms with Crippen LogP contribution in [0.2, 0.25) is 0 Å². The van der Waals surface area contributed by atoms with Crippen LogP contribution in [0.3, 0.4) is 0 Å². The molecule has 0 aromatic heterocycles. The number of hydrogen-bond acceptors (Lipinski definition) is 1. The van der Waals surface area contributed by atoms with Gasteiger partial charge in [-0.3, -0.25) is 0 Å². The number of rotatable bonds is 1. The minimum absolute atomic E-state index is 0.313. The highest BCUT2D eigenvalue weighted by atomic mass is 35.5. The third-order valence-corrected chi connectivity index (χ3v) is 1.19. The van der Waals surface area contributed by atoms with Gasteiger partial charge in [0.1, 0.15) is 5.82 Å². The molecule has 0 heterocycles. The van der Waals surface area contributed by atoms with E-state index in [4.69, 9.17) is 11.8 Å². The van der Waals surface area contributed by atoms with E-state index in [1.807, 2.05) is 0 Å². The second-order valence-corrected chi connectivity index (χ2v) is 1.94. The number of halogens is 2. The molecule has 0 unspecified atom stereocenters. The molecule has 3 heteroatoms. The van der Waals surface area contributed by atoms with Gasteiger partial charge in [-0.2, -0.15) is 4.51 Å². The molecule has 1 nitrogen and oxygen atoms in total. The summed E-state index contributed by atoms with van der Waals surface area (Å²) in [6, 6.07) is 6.28. The Balaban J connectivity index is 3.03. The maximum atomic E-state index is 12.6. The van der Waals surface area contributed by atoms with Crippen molar-refractivity contribution in [2.24, 2.45) is 4.51 Å². The van der Waals surface area contributed by atoms with Crippen molar-refractivity contribution < 1.29 is 4.39 Å². The Bertz CT molecular complexity index is 247. The topological polar surface area (TPSA) is 12.4 Å². The molecule has 0 saturated heterocycles. The second kappa shape index (κ2) is 3.32. The van der Waals surface area contributed by atoms with E-state index >= 15 is 0 Å². The number of benzene rings is 1. The molecule has 0 fully saturated rings.